The average molecular weight is 345 g/mol. The highest BCUT2D eigenvalue weighted by molar-refractivity contribution is 7.50. The van der Waals surface area contributed by atoms with Gasteiger partial charge in [-0.1, -0.05) is 6.08 Å². The van der Waals surface area contributed by atoms with E-state index < -0.39 is 13.9 Å². The molecule has 0 aromatic carbocycles. The van der Waals surface area contributed by atoms with E-state index in [1.54, 1.807) is 0 Å². The van der Waals surface area contributed by atoms with Gasteiger partial charge in [0.1, 0.15) is 13.9 Å². The Balaban J connectivity index is 4.40. The van der Waals surface area contributed by atoms with Gasteiger partial charge in [0.05, 0.1) is 6.61 Å². The molecule has 0 saturated heterocycles. The van der Waals surface area contributed by atoms with E-state index in [0.29, 0.717) is 31.5 Å². The van der Waals surface area contributed by atoms with Crippen molar-refractivity contribution >= 4 is 14.3 Å². The SMILES string of the molecule is C=CCCP(OCCCC(=O)OC(C)(C)C)N(C(C)C)C(C)C. The summed E-state index contributed by atoms with van der Waals surface area (Å²) < 4.78 is 13.9. The zero-order valence-corrected chi connectivity index (χ0v) is 17.0. The minimum Gasteiger partial charge on any atom is -0.460 e. The molecule has 0 aliphatic heterocycles. The van der Waals surface area contributed by atoms with Gasteiger partial charge in [0.15, 0.2) is 0 Å². The molecule has 0 amide bonds. The van der Waals surface area contributed by atoms with E-state index in [1.807, 2.05) is 26.8 Å². The van der Waals surface area contributed by atoms with Crippen LogP contribution in [-0.2, 0) is 14.1 Å². The highest BCUT2D eigenvalue weighted by Gasteiger charge is 2.24. The Morgan fingerprint density at radius 2 is 1.78 bits per heavy atom. The topological polar surface area (TPSA) is 38.8 Å². The molecule has 0 bridgehead atoms. The molecule has 0 radical (unpaired) electrons. The van der Waals surface area contributed by atoms with Crippen LogP contribution in [0.1, 0.15) is 67.7 Å². The van der Waals surface area contributed by atoms with Crippen molar-refractivity contribution in [1.82, 2.24) is 4.67 Å². The number of allylic oxidation sites excluding steroid dienone is 1. The molecule has 0 aromatic heterocycles. The molecule has 1 unspecified atom stereocenters. The Morgan fingerprint density at radius 1 is 1.22 bits per heavy atom. The van der Waals surface area contributed by atoms with Crippen LogP contribution in [0.15, 0.2) is 12.7 Å². The van der Waals surface area contributed by atoms with Gasteiger partial charge >= 0.3 is 5.97 Å². The van der Waals surface area contributed by atoms with Gasteiger partial charge in [0.25, 0.3) is 0 Å². The third-order valence-corrected chi connectivity index (χ3v) is 5.59. The van der Waals surface area contributed by atoms with Crippen molar-refractivity contribution in [2.45, 2.75) is 85.4 Å². The Bertz CT molecular complexity index is 343. The first-order valence-corrected chi connectivity index (χ1v) is 9.99. The van der Waals surface area contributed by atoms with Crippen molar-refractivity contribution in [3.05, 3.63) is 12.7 Å². The van der Waals surface area contributed by atoms with Crippen LogP contribution in [0.3, 0.4) is 0 Å². The molecule has 23 heavy (non-hydrogen) atoms. The van der Waals surface area contributed by atoms with E-state index in [9.17, 15) is 4.79 Å². The number of ether oxygens (including phenoxy) is 1. The van der Waals surface area contributed by atoms with E-state index >= 15 is 0 Å². The van der Waals surface area contributed by atoms with Gasteiger partial charge in [-0.15, -0.1) is 6.58 Å². The third kappa shape index (κ3) is 10.9. The molecular formula is C18H36NO3P. The summed E-state index contributed by atoms with van der Waals surface area (Å²) in [5.41, 5.74) is -0.416. The fourth-order valence-corrected chi connectivity index (χ4v) is 4.61. The van der Waals surface area contributed by atoms with Gasteiger partial charge in [-0.25, -0.2) is 0 Å². The van der Waals surface area contributed by atoms with E-state index in [2.05, 4.69) is 38.9 Å². The van der Waals surface area contributed by atoms with Gasteiger partial charge in [0, 0.05) is 24.7 Å². The number of hydrogen-bond acceptors (Lipinski definition) is 4. The van der Waals surface area contributed by atoms with Crippen molar-refractivity contribution in [2.75, 3.05) is 12.8 Å². The monoisotopic (exact) mass is 345 g/mol. The summed E-state index contributed by atoms with van der Waals surface area (Å²) in [6.07, 6.45) is 4.99. The molecule has 0 aliphatic rings. The van der Waals surface area contributed by atoms with Gasteiger partial charge in [-0.2, -0.15) is 0 Å². The van der Waals surface area contributed by atoms with E-state index in [-0.39, 0.29) is 5.97 Å². The maximum Gasteiger partial charge on any atom is 0.306 e. The van der Waals surface area contributed by atoms with Crippen molar-refractivity contribution in [3.8, 4) is 0 Å². The van der Waals surface area contributed by atoms with Gasteiger partial charge in [0.2, 0.25) is 0 Å². The zero-order valence-electron chi connectivity index (χ0n) is 16.1. The molecule has 1 atom stereocenters. The lowest BCUT2D eigenvalue weighted by molar-refractivity contribution is -0.155. The Hall–Kier alpha value is -0.440. The number of esters is 1. The van der Waals surface area contributed by atoms with E-state index in [1.165, 1.54) is 0 Å². The smallest absolute Gasteiger partial charge is 0.306 e. The first kappa shape index (κ1) is 22.6. The molecule has 0 saturated carbocycles. The first-order chi connectivity index (χ1) is 10.6. The standard InChI is InChI=1S/C18H36NO3P/c1-9-10-14-23(19(15(2)3)16(4)5)21-13-11-12-17(20)22-18(6,7)8/h9,15-16H,1,10-14H2,2-8H3. The zero-order chi connectivity index (χ0) is 18.0. The lowest BCUT2D eigenvalue weighted by Gasteiger charge is -2.37. The van der Waals surface area contributed by atoms with E-state index in [4.69, 9.17) is 9.26 Å². The highest BCUT2D eigenvalue weighted by atomic mass is 31.2. The predicted molar refractivity (Wildman–Crippen MR) is 99.7 cm³/mol. The number of carbonyl (C=O) groups excluding carboxylic acids is 1. The molecule has 0 spiro atoms. The summed E-state index contributed by atoms with van der Waals surface area (Å²) in [7, 11) is -0.657. The minimum absolute atomic E-state index is 0.152. The van der Waals surface area contributed by atoms with Crippen LogP contribution in [0.5, 0.6) is 0 Å². The van der Waals surface area contributed by atoms with E-state index in [0.717, 1.165) is 12.6 Å². The maximum atomic E-state index is 11.7. The first-order valence-electron chi connectivity index (χ1n) is 8.60. The number of nitrogens with zero attached hydrogens (tertiary/aromatic N) is 1. The Labute approximate surface area is 144 Å². The van der Waals surface area contributed by atoms with Crippen molar-refractivity contribution in [3.63, 3.8) is 0 Å². The molecule has 0 heterocycles. The molecular weight excluding hydrogens is 309 g/mol. The van der Waals surface area contributed by atoms with Crippen LogP contribution >= 0.6 is 8.30 Å². The average Bonchev–Trinajstić information content (AvgIpc) is 2.37. The lowest BCUT2D eigenvalue weighted by Crippen LogP contribution is -2.33. The van der Waals surface area contributed by atoms with Crippen LogP contribution < -0.4 is 0 Å². The van der Waals surface area contributed by atoms with Crippen molar-refractivity contribution < 1.29 is 14.1 Å². The highest BCUT2D eigenvalue weighted by Crippen LogP contribution is 2.45. The molecule has 0 fully saturated rings. The normalized spacial score (nSPS) is 13.7. The molecule has 0 aliphatic carbocycles. The molecule has 0 rings (SSSR count). The molecule has 0 N–H and O–H groups in total. The number of carbonyl (C=O) groups is 1. The summed E-state index contributed by atoms with van der Waals surface area (Å²) in [6.45, 7) is 18.9. The second-order valence-corrected chi connectivity index (χ2v) is 9.12. The maximum absolute atomic E-state index is 11.7. The van der Waals surface area contributed by atoms with Gasteiger partial charge < -0.3 is 9.26 Å². The summed E-state index contributed by atoms with van der Waals surface area (Å²) >= 11 is 0. The predicted octanol–water partition coefficient (Wildman–Crippen LogP) is 5.13. The van der Waals surface area contributed by atoms with Crippen LogP contribution in [0.25, 0.3) is 0 Å². The lowest BCUT2D eigenvalue weighted by atomic mass is 10.2. The summed E-state index contributed by atoms with van der Waals surface area (Å²) in [6, 6.07) is 0.883. The fourth-order valence-electron chi connectivity index (χ4n) is 2.34. The Kier molecular flexibility index (Phi) is 11.0. The van der Waals surface area contributed by atoms with Crippen molar-refractivity contribution in [2.24, 2.45) is 0 Å². The van der Waals surface area contributed by atoms with Crippen LogP contribution in [0.4, 0.5) is 0 Å². The second-order valence-electron chi connectivity index (χ2n) is 7.24. The summed E-state index contributed by atoms with van der Waals surface area (Å²) in [5.74, 6) is -0.152. The molecule has 4 nitrogen and oxygen atoms in total. The number of hydrogen-bond donors (Lipinski definition) is 0. The van der Waals surface area contributed by atoms with Gasteiger partial charge in [-0.3, -0.25) is 9.46 Å². The largest absolute Gasteiger partial charge is 0.460 e. The van der Waals surface area contributed by atoms with Crippen LogP contribution in [-0.4, -0.2) is 41.1 Å². The van der Waals surface area contributed by atoms with Crippen LogP contribution in [0, 0.1) is 0 Å². The van der Waals surface area contributed by atoms with Crippen molar-refractivity contribution in [1.29, 1.82) is 0 Å². The second kappa shape index (κ2) is 11.2. The molecule has 5 heteroatoms. The van der Waals surface area contributed by atoms with Crippen LogP contribution in [0.2, 0.25) is 0 Å². The van der Waals surface area contributed by atoms with Gasteiger partial charge in [-0.05, 0) is 61.3 Å². The minimum atomic E-state index is -0.657. The third-order valence-electron chi connectivity index (χ3n) is 3.03. The summed E-state index contributed by atoms with van der Waals surface area (Å²) in [4.78, 5) is 11.7. The fraction of sp³-hybridized carbons (Fsp3) is 0.833. The molecule has 0 aromatic rings. The summed E-state index contributed by atoms with van der Waals surface area (Å²) in [5, 5.41) is 0. The quantitative estimate of drug-likeness (QED) is 0.225. The molecule has 136 valence electrons. The Morgan fingerprint density at radius 3 is 2.22 bits per heavy atom. The number of rotatable bonds is 11.